The van der Waals surface area contributed by atoms with Crippen LogP contribution in [-0.2, 0) is 24.3 Å². The summed E-state index contributed by atoms with van der Waals surface area (Å²) in [4.78, 5) is 15.9. The van der Waals surface area contributed by atoms with Crippen molar-refractivity contribution in [3.63, 3.8) is 0 Å². The van der Waals surface area contributed by atoms with Gasteiger partial charge >= 0.3 is 0 Å². The lowest BCUT2D eigenvalue weighted by atomic mass is 9.96. The van der Waals surface area contributed by atoms with Crippen molar-refractivity contribution in [1.82, 2.24) is 19.2 Å². The summed E-state index contributed by atoms with van der Waals surface area (Å²) >= 11 is 3.35. The zero-order valence-corrected chi connectivity index (χ0v) is 19.6. The number of hydrogen-bond acceptors (Lipinski definition) is 6. The molecule has 0 saturated heterocycles. The van der Waals surface area contributed by atoms with Gasteiger partial charge in [0, 0.05) is 17.1 Å². The molecule has 4 aromatic rings. The Morgan fingerprint density at radius 2 is 2.06 bits per heavy atom. The van der Waals surface area contributed by atoms with Gasteiger partial charge in [-0.1, -0.05) is 62.9 Å². The third-order valence-corrected chi connectivity index (χ3v) is 8.11. The normalized spacial score (nSPS) is 16.5. The number of fused-ring (bicyclic) bond motifs is 5. The Labute approximate surface area is 189 Å². The van der Waals surface area contributed by atoms with E-state index in [1.807, 2.05) is 30.3 Å². The van der Waals surface area contributed by atoms with E-state index in [0.29, 0.717) is 24.8 Å². The van der Waals surface area contributed by atoms with Gasteiger partial charge in [-0.2, -0.15) is 0 Å². The van der Waals surface area contributed by atoms with Crippen LogP contribution in [-0.4, -0.2) is 31.0 Å². The number of thiophene rings is 1. The first-order valence-corrected chi connectivity index (χ1v) is 12.6. The second-order valence-corrected chi connectivity index (χ2v) is 10.5. The second-order valence-electron chi connectivity index (χ2n) is 8.32. The molecular weight excluding hydrogens is 428 g/mol. The summed E-state index contributed by atoms with van der Waals surface area (Å²) in [5.41, 5.74) is 2.25. The fraction of sp³-hybridized carbons (Fsp3) is 0.435. The Morgan fingerprint density at radius 3 is 2.81 bits per heavy atom. The average molecular weight is 455 g/mol. The van der Waals surface area contributed by atoms with Crippen LogP contribution in [0.2, 0.25) is 0 Å². The van der Waals surface area contributed by atoms with E-state index in [9.17, 15) is 4.79 Å². The summed E-state index contributed by atoms with van der Waals surface area (Å²) in [7, 11) is 0. The zero-order valence-electron chi connectivity index (χ0n) is 18.0. The summed E-state index contributed by atoms with van der Waals surface area (Å²) in [6.07, 6.45) is 1.97. The number of aromatic nitrogens is 4. The summed E-state index contributed by atoms with van der Waals surface area (Å²) < 4.78 is 9.98. The highest BCUT2D eigenvalue weighted by Gasteiger charge is 2.29. The van der Waals surface area contributed by atoms with E-state index in [0.717, 1.165) is 50.0 Å². The molecule has 0 fully saturated rings. The Morgan fingerprint density at radius 1 is 1.26 bits per heavy atom. The standard InChI is InChI=1S/C23H26N4O2S2/c1-4-10-30-23-25-24-22-26(12-15-8-6-5-7-9-15)20(28)19-16-11-17(14(2)3)29-13-18(16)31-21(19)27(22)23/h5-9,14,17H,4,10-13H2,1-3H3/t17-/m0/s1. The quantitative estimate of drug-likeness (QED) is 0.393. The van der Waals surface area contributed by atoms with E-state index in [1.165, 1.54) is 0 Å². The smallest absolute Gasteiger partial charge is 0.264 e. The molecule has 8 heteroatoms. The lowest BCUT2D eigenvalue weighted by molar-refractivity contribution is 0.00200. The Kier molecular flexibility index (Phi) is 5.62. The number of ether oxygens (including phenoxy) is 1. The van der Waals surface area contributed by atoms with Crippen molar-refractivity contribution in [2.75, 3.05) is 5.75 Å². The second kappa shape index (κ2) is 8.41. The van der Waals surface area contributed by atoms with Crippen LogP contribution in [0.15, 0.2) is 40.3 Å². The number of benzene rings is 1. The Balaban J connectivity index is 1.77. The zero-order chi connectivity index (χ0) is 21.5. The minimum absolute atomic E-state index is 0.0210. The van der Waals surface area contributed by atoms with E-state index < -0.39 is 0 Å². The summed E-state index contributed by atoms with van der Waals surface area (Å²) in [6, 6.07) is 10.1. The Bertz CT molecular complexity index is 1290. The monoisotopic (exact) mass is 454 g/mol. The molecule has 0 amide bonds. The molecule has 6 nitrogen and oxygen atoms in total. The predicted octanol–water partition coefficient (Wildman–Crippen LogP) is 4.75. The van der Waals surface area contributed by atoms with E-state index >= 15 is 0 Å². The molecule has 1 aromatic carbocycles. The summed E-state index contributed by atoms with van der Waals surface area (Å²) in [5.74, 6) is 1.98. The molecule has 1 atom stereocenters. The SMILES string of the molecule is CCCSc1nnc2n(Cc3ccccc3)c(=O)c3c4c(sc3n12)CO[C@H](C(C)C)C4. The van der Waals surface area contributed by atoms with E-state index in [2.05, 4.69) is 35.4 Å². The number of thioether (sulfide) groups is 1. The first-order chi connectivity index (χ1) is 15.1. The fourth-order valence-corrected chi connectivity index (χ4v) is 6.20. The van der Waals surface area contributed by atoms with Gasteiger partial charge in [0.1, 0.15) is 4.83 Å². The number of nitrogens with zero attached hydrogens (tertiary/aromatic N) is 4. The van der Waals surface area contributed by atoms with Gasteiger partial charge in [0.05, 0.1) is 24.6 Å². The molecule has 0 unspecified atom stereocenters. The third kappa shape index (κ3) is 3.60. The third-order valence-electron chi connectivity index (χ3n) is 5.79. The van der Waals surface area contributed by atoms with Gasteiger partial charge < -0.3 is 4.74 Å². The van der Waals surface area contributed by atoms with Crippen LogP contribution in [0.3, 0.4) is 0 Å². The molecular formula is C23H26N4O2S2. The summed E-state index contributed by atoms with van der Waals surface area (Å²) in [5, 5.41) is 10.6. The van der Waals surface area contributed by atoms with Crippen molar-refractivity contribution < 1.29 is 4.74 Å². The van der Waals surface area contributed by atoms with Gasteiger partial charge in [-0.15, -0.1) is 21.5 Å². The molecule has 0 spiro atoms. The highest BCUT2D eigenvalue weighted by molar-refractivity contribution is 7.99. The van der Waals surface area contributed by atoms with Crippen molar-refractivity contribution in [2.24, 2.45) is 5.92 Å². The number of hydrogen-bond donors (Lipinski definition) is 0. The van der Waals surface area contributed by atoms with Crippen LogP contribution in [0, 0.1) is 5.92 Å². The maximum Gasteiger partial charge on any atom is 0.264 e. The van der Waals surface area contributed by atoms with Crippen LogP contribution in [0.5, 0.6) is 0 Å². The van der Waals surface area contributed by atoms with Crippen molar-refractivity contribution in [1.29, 1.82) is 0 Å². The topological polar surface area (TPSA) is 61.4 Å². The lowest BCUT2D eigenvalue weighted by Gasteiger charge is -2.26. The van der Waals surface area contributed by atoms with Crippen LogP contribution in [0.1, 0.15) is 43.2 Å². The van der Waals surface area contributed by atoms with Gasteiger partial charge in [0.15, 0.2) is 5.16 Å². The van der Waals surface area contributed by atoms with Crippen molar-refractivity contribution >= 4 is 39.1 Å². The molecule has 0 radical (unpaired) electrons. The fourth-order valence-electron chi connectivity index (χ4n) is 4.12. The van der Waals surface area contributed by atoms with Crippen LogP contribution >= 0.6 is 23.1 Å². The minimum atomic E-state index is 0.0210. The van der Waals surface area contributed by atoms with Crippen LogP contribution in [0.4, 0.5) is 0 Å². The van der Waals surface area contributed by atoms with Crippen molar-refractivity contribution in [3.8, 4) is 0 Å². The van der Waals surface area contributed by atoms with Gasteiger partial charge in [0.2, 0.25) is 5.78 Å². The van der Waals surface area contributed by atoms with Gasteiger partial charge in [0.25, 0.3) is 5.56 Å². The van der Waals surface area contributed by atoms with E-state index in [-0.39, 0.29) is 11.7 Å². The maximum absolute atomic E-state index is 13.8. The highest BCUT2D eigenvalue weighted by Crippen LogP contribution is 2.37. The summed E-state index contributed by atoms with van der Waals surface area (Å²) in [6.45, 7) is 7.55. The molecule has 0 bridgehead atoms. The highest BCUT2D eigenvalue weighted by atomic mass is 32.2. The number of rotatable bonds is 6. The molecule has 162 valence electrons. The molecule has 5 rings (SSSR count). The largest absolute Gasteiger partial charge is 0.372 e. The first-order valence-electron chi connectivity index (χ1n) is 10.8. The van der Waals surface area contributed by atoms with Crippen molar-refractivity contribution in [3.05, 3.63) is 56.7 Å². The first kappa shape index (κ1) is 20.7. The van der Waals surface area contributed by atoms with Crippen LogP contribution in [0.25, 0.3) is 16.0 Å². The van der Waals surface area contributed by atoms with Gasteiger partial charge in [-0.05, 0) is 23.5 Å². The molecule has 4 heterocycles. The Hall–Kier alpha value is -2.16. The maximum atomic E-state index is 13.8. The van der Waals surface area contributed by atoms with Gasteiger partial charge in [-0.25, -0.2) is 4.40 Å². The molecule has 0 saturated carbocycles. The molecule has 31 heavy (non-hydrogen) atoms. The van der Waals surface area contributed by atoms with E-state index in [4.69, 9.17) is 4.74 Å². The molecule has 1 aliphatic rings. The molecule has 0 aliphatic carbocycles. The van der Waals surface area contributed by atoms with Crippen molar-refractivity contribution in [2.45, 2.75) is 58.0 Å². The minimum Gasteiger partial charge on any atom is -0.372 e. The predicted molar refractivity (Wildman–Crippen MR) is 126 cm³/mol. The van der Waals surface area contributed by atoms with Crippen LogP contribution < -0.4 is 5.56 Å². The average Bonchev–Trinajstić information content (AvgIpc) is 3.36. The van der Waals surface area contributed by atoms with Gasteiger partial charge in [-0.3, -0.25) is 9.36 Å². The molecule has 1 aliphatic heterocycles. The molecule has 0 N–H and O–H groups in total. The molecule has 3 aromatic heterocycles. The lowest BCUT2D eigenvalue weighted by Crippen LogP contribution is -2.28. The van der Waals surface area contributed by atoms with E-state index in [1.54, 1.807) is 27.7 Å².